The Bertz CT molecular complexity index is 951. The number of hydrogen-bond acceptors (Lipinski definition) is 4. The standard InChI is InChI=1S/C22H22ClNO3S/c1-13(2)18-10-16(14(3)9-19(18)27-4)11-20-21(25)24(22(26)28-20)12-15-5-7-17(23)8-6-15/h5-11,13H,12H2,1-4H3/b20-11-. The van der Waals surface area contributed by atoms with E-state index in [1.807, 2.05) is 31.2 Å². The zero-order valence-electron chi connectivity index (χ0n) is 16.3. The highest BCUT2D eigenvalue weighted by molar-refractivity contribution is 8.18. The normalized spacial score (nSPS) is 15.8. The van der Waals surface area contributed by atoms with Crippen LogP contribution in [0.5, 0.6) is 5.75 Å². The van der Waals surface area contributed by atoms with Gasteiger partial charge in [0.2, 0.25) is 0 Å². The van der Waals surface area contributed by atoms with Gasteiger partial charge >= 0.3 is 0 Å². The van der Waals surface area contributed by atoms with Gasteiger partial charge in [0, 0.05) is 5.02 Å². The average molecular weight is 416 g/mol. The molecule has 0 atom stereocenters. The molecule has 3 rings (SSSR count). The highest BCUT2D eigenvalue weighted by Gasteiger charge is 2.35. The van der Waals surface area contributed by atoms with Crippen LogP contribution in [0.1, 0.15) is 42.0 Å². The Kier molecular flexibility index (Phi) is 6.16. The first-order valence-corrected chi connectivity index (χ1v) is 10.2. The summed E-state index contributed by atoms with van der Waals surface area (Å²) in [6.45, 7) is 6.39. The molecule has 4 nitrogen and oxygen atoms in total. The quantitative estimate of drug-likeness (QED) is 0.560. The average Bonchev–Trinajstić information content (AvgIpc) is 2.92. The summed E-state index contributed by atoms with van der Waals surface area (Å²) in [6.07, 6.45) is 1.80. The maximum Gasteiger partial charge on any atom is 0.293 e. The molecule has 1 aliphatic rings. The predicted octanol–water partition coefficient (Wildman–Crippen LogP) is 6.02. The minimum atomic E-state index is -0.272. The lowest BCUT2D eigenvalue weighted by molar-refractivity contribution is -0.123. The van der Waals surface area contributed by atoms with Crippen molar-refractivity contribution in [2.45, 2.75) is 33.2 Å². The van der Waals surface area contributed by atoms with Crippen LogP contribution in [0.4, 0.5) is 4.79 Å². The monoisotopic (exact) mass is 415 g/mol. The zero-order chi connectivity index (χ0) is 20.4. The molecule has 2 aromatic carbocycles. The Hall–Kier alpha value is -2.24. The van der Waals surface area contributed by atoms with E-state index in [1.54, 1.807) is 25.3 Å². The fourth-order valence-corrected chi connectivity index (χ4v) is 4.00. The molecule has 0 unspecified atom stereocenters. The first-order valence-electron chi connectivity index (χ1n) is 8.98. The lowest BCUT2D eigenvalue weighted by Gasteiger charge is -2.15. The van der Waals surface area contributed by atoms with Crippen molar-refractivity contribution in [2.24, 2.45) is 0 Å². The molecule has 0 aromatic heterocycles. The molecular weight excluding hydrogens is 394 g/mol. The lowest BCUT2D eigenvalue weighted by atomic mass is 9.96. The van der Waals surface area contributed by atoms with Crippen LogP contribution in [0.2, 0.25) is 5.02 Å². The molecule has 1 saturated heterocycles. The van der Waals surface area contributed by atoms with Gasteiger partial charge in [0.1, 0.15) is 5.75 Å². The Balaban J connectivity index is 1.89. The van der Waals surface area contributed by atoms with Crippen LogP contribution in [0.3, 0.4) is 0 Å². The number of nitrogens with zero attached hydrogens (tertiary/aromatic N) is 1. The predicted molar refractivity (Wildman–Crippen MR) is 115 cm³/mol. The number of benzene rings is 2. The molecule has 1 heterocycles. The lowest BCUT2D eigenvalue weighted by Crippen LogP contribution is -2.27. The molecule has 0 N–H and O–H groups in total. The molecule has 146 valence electrons. The van der Waals surface area contributed by atoms with Crippen LogP contribution >= 0.6 is 23.4 Å². The van der Waals surface area contributed by atoms with E-state index in [0.717, 1.165) is 39.8 Å². The highest BCUT2D eigenvalue weighted by Crippen LogP contribution is 2.36. The molecule has 1 aliphatic heterocycles. The minimum absolute atomic E-state index is 0.234. The highest BCUT2D eigenvalue weighted by atomic mass is 35.5. The van der Waals surface area contributed by atoms with Gasteiger partial charge < -0.3 is 4.74 Å². The van der Waals surface area contributed by atoms with Gasteiger partial charge in [0.25, 0.3) is 11.1 Å². The smallest absolute Gasteiger partial charge is 0.293 e. The third-order valence-electron chi connectivity index (χ3n) is 4.65. The van der Waals surface area contributed by atoms with E-state index in [-0.39, 0.29) is 23.6 Å². The van der Waals surface area contributed by atoms with Crippen molar-refractivity contribution in [3.05, 3.63) is 68.6 Å². The summed E-state index contributed by atoms with van der Waals surface area (Å²) >= 11 is 6.87. The van der Waals surface area contributed by atoms with E-state index >= 15 is 0 Å². The van der Waals surface area contributed by atoms with Crippen molar-refractivity contribution in [3.8, 4) is 5.75 Å². The second-order valence-electron chi connectivity index (χ2n) is 7.00. The third kappa shape index (κ3) is 4.26. The minimum Gasteiger partial charge on any atom is -0.496 e. The summed E-state index contributed by atoms with van der Waals surface area (Å²) in [7, 11) is 1.66. The summed E-state index contributed by atoms with van der Waals surface area (Å²) in [5, 5.41) is 0.357. The summed E-state index contributed by atoms with van der Waals surface area (Å²) < 4.78 is 5.48. The van der Waals surface area contributed by atoms with E-state index < -0.39 is 0 Å². The molecule has 0 spiro atoms. The van der Waals surface area contributed by atoms with Crippen LogP contribution in [0.15, 0.2) is 41.3 Å². The third-order valence-corrected chi connectivity index (χ3v) is 5.81. The fourth-order valence-electron chi connectivity index (χ4n) is 3.05. The maximum absolute atomic E-state index is 12.8. The van der Waals surface area contributed by atoms with E-state index in [4.69, 9.17) is 16.3 Å². The van der Waals surface area contributed by atoms with E-state index in [1.165, 1.54) is 4.90 Å². The van der Waals surface area contributed by atoms with Gasteiger partial charge in [-0.05, 0) is 77.2 Å². The molecular formula is C22H22ClNO3S. The first-order chi connectivity index (χ1) is 13.3. The van der Waals surface area contributed by atoms with Crippen LogP contribution in [0.25, 0.3) is 6.08 Å². The number of hydrogen-bond donors (Lipinski definition) is 0. The van der Waals surface area contributed by atoms with Crippen molar-refractivity contribution >= 4 is 40.6 Å². The van der Waals surface area contributed by atoms with Crippen molar-refractivity contribution in [1.82, 2.24) is 4.90 Å². The molecule has 0 bridgehead atoms. The summed E-state index contributed by atoms with van der Waals surface area (Å²) in [6, 6.07) is 11.1. The topological polar surface area (TPSA) is 46.6 Å². The second kappa shape index (κ2) is 8.41. The van der Waals surface area contributed by atoms with Crippen molar-refractivity contribution in [3.63, 3.8) is 0 Å². The number of aryl methyl sites for hydroxylation is 1. The van der Waals surface area contributed by atoms with E-state index in [9.17, 15) is 9.59 Å². The van der Waals surface area contributed by atoms with Gasteiger partial charge in [-0.3, -0.25) is 14.5 Å². The summed E-state index contributed by atoms with van der Waals surface area (Å²) in [4.78, 5) is 26.9. The SMILES string of the molecule is COc1cc(C)c(/C=C2\SC(=O)N(Cc3ccc(Cl)cc3)C2=O)cc1C(C)C. The number of methoxy groups -OCH3 is 1. The van der Waals surface area contributed by atoms with Gasteiger partial charge in [0.05, 0.1) is 18.6 Å². The van der Waals surface area contributed by atoms with Crippen molar-refractivity contribution in [2.75, 3.05) is 7.11 Å². The molecule has 2 amide bonds. The second-order valence-corrected chi connectivity index (χ2v) is 8.43. The number of halogens is 1. The number of thioether (sulfide) groups is 1. The first kappa shape index (κ1) is 20.5. The fraction of sp³-hybridized carbons (Fsp3) is 0.273. The molecule has 0 saturated carbocycles. The molecule has 0 radical (unpaired) electrons. The van der Waals surface area contributed by atoms with Crippen molar-refractivity contribution < 1.29 is 14.3 Å². The number of carbonyl (C=O) groups is 2. The van der Waals surface area contributed by atoms with Crippen LogP contribution in [-0.4, -0.2) is 23.2 Å². The Morgan fingerprint density at radius 2 is 1.86 bits per heavy atom. The molecule has 6 heteroatoms. The van der Waals surface area contributed by atoms with Gasteiger partial charge in [-0.15, -0.1) is 0 Å². The number of rotatable bonds is 5. The molecule has 0 aliphatic carbocycles. The summed E-state index contributed by atoms with van der Waals surface area (Å²) in [5.74, 6) is 0.842. The number of ether oxygens (including phenoxy) is 1. The van der Waals surface area contributed by atoms with Gasteiger partial charge in [-0.2, -0.15) is 0 Å². The Labute approximate surface area is 174 Å². The summed E-state index contributed by atoms with van der Waals surface area (Å²) in [5.41, 5.74) is 3.84. The van der Waals surface area contributed by atoms with Gasteiger partial charge in [-0.25, -0.2) is 0 Å². The van der Waals surface area contributed by atoms with Gasteiger partial charge in [0.15, 0.2) is 0 Å². The van der Waals surface area contributed by atoms with Gasteiger partial charge in [-0.1, -0.05) is 37.6 Å². The van der Waals surface area contributed by atoms with Crippen LogP contribution in [0, 0.1) is 6.92 Å². The maximum atomic E-state index is 12.8. The van der Waals surface area contributed by atoms with E-state index in [2.05, 4.69) is 13.8 Å². The number of carbonyl (C=O) groups excluding carboxylic acids is 2. The molecule has 28 heavy (non-hydrogen) atoms. The van der Waals surface area contributed by atoms with Crippen molar-refractivity contribution in [1.29, 1.82) is 0 Å². The van der Waals surface area contributed by atoms with Crippen LogP contribution < -0.4 is 4.74 Å². The Morgan fingerprint density at radius 1 is 1.18 bits per heavy atom. The molecule has 1 fully saturated rings. The zero-order valence-corrected chi connectivity index (χ0v) is 17.9. The molecule has 2 aromatic rings. The Morgan fingerprint density at radius 3 is 2.46 bits per heavy atom. The number of imide groups is 1. The van der Waals surface area contributed by atoms with E-state index in [0.29, 0.717) is 9.93 Å². The van der Waals surface area contributed by atoms with Crippen LogP contribution in [-0.2, 0) is 11.3 Å². The largest absolute Gasteiger partial charge is 0.496 e. The number of amides is 2.